The van der Waals surface area contributed by atoms with Crippen LogP contribution in [0.1, 0.15) is 22.8 Å². The minimum atomic E-state index is -0.532. The summed E-state index contributed by atoms with van der Waals surface area (Å²) in [4.78, 5) is 26.1. The molecule has 0 bridgehead atoms. The van der Waals surface area contributed by atoms with Crippen molar-refractivity contribution in [3.05, 3.63) is 64.7 Å². The Labute approximate surface area is 139 Å². The van der Waals surface area contributed by atoms with Crippen molar-refractivity contribution in [3.8, 4) is 0 Å². The number of para-hydroxylation sites is 1. The summed E-state index contributed by atoms with van der Waals surface area (Å²) in [6.07, 6.45) is 0.813. The van der Waals surface area contributed by atoms with Gasteiger partial charge in [0.1, 0.15) is 0 Å². The quantitative estimate of drug-likeness (QED) is 0.810. The van der Waals surface area contributed by atoms with Gasteiger partial charge in [-0.25, -0.2) is 4.79 Å². The van der Waals surface area contributed by atoms with Gasteiger partial charge in [0.25, 0.3) is 5.91 Å². The summed E-state index contributed by atoms with van der Waals surface area (Å²) < 4.78 is 5.13. The van der Waals surface area contributed by atoms with E-state index in [1.54, 1.807) is 29.2 Å². The molecule has 5 heteroatoms. The van der Waals surface area contributed by atoms with E-state index in [0.717, 1.165) is 17.7 Å². The van der Waals surface area contributed by atoms with Gasteiger partial charge >= 0.3 is 5.97 Å². The van der Waals surface area contributed by atoms with Crippen molar-refractivity contribution in [3.63, 3.8) is 0 Å². The maximum atomic E-state index is 12.4. The second kappa shape index (κ2) is 6.42. The first-order valence-electron chi connectivity index (χ1n) is 7.39. The van der Waals surface area contributed by atoms with E-state index in [2.05, 4.69) is 0 Å². The molecule has 0 saturated carbocycles. The van der Waals surface area contributed by atoms with Crippen LogP contribution in [0.25, 0.3) is 0 Å². The van der Waals surface area contributed by atoms with Gasteiger partial charge < -0.3 is 9.64 Å². The van der Waals surface area contributed by atoms with Gasteiger partial charge in [0.05, 0.1) is 5.56 Å². The van der Waals surface area contributed by atoms with Gasteiger partial charge in [-0.3, -0.25) is 4.79 Å². The second-order valence-corrected chi connectivity index (χ2v) is 5.97. The van der Waals surface area contributed by atoms with Gasteiger partial charge in [-0.15, -0.1) is 0 Å². The number of nitrogens with zero attached hydrogens (tertiary/aromatic N) is 1. The second-order valence-electron chi connectivity index (χ2n) is 5.53. The third kappa shape index (κ3) is 3.22. The summed E-state index contributed by atoms with van der Waals surface area (Å²) in [6.45, 7) is 1.71. The summed E-state index contributed by atoms with van der Waals surface area (Å²) in [7, 11) is 0. The van der Waals surface area contributed by atoms with Crippen LogP contribution in [-0.2, 0) is 16.0 Å². The molecule has 2 aromatic carbocycles. The molecule has 23 heavy (non-hydrogen) atoms. The highest BCUT2D eigenvalue weighted by Gasteiger charge is 2.30. The van der Waals surface area contributed by atoms with E-state index >= 15 is 0 Å². The first-order valence-corrected chi connectivity index (χ1v) is 7.76. The average molecular weight is 330 g/mol. The number of ether oxygens (including phenoxy) is 1. The zero-order valence-electron chi connectivity index (χ0n) is 12.7. The first-order chi connectivity index (χ1) is 11.1. The van der Waals surface area contributed by atoms with Crippen LogP contribution in [0.2, 0.25) is 5.02 Å². The van der Waals surface area contributed by atoms with Gasteiger partial charge in [0, 0.05) is 16.8 Å². The van der Waals surface area contributed by atoms with E-state index in [1.165, 1.54) is 0 Å². The molecule has 4 nitrogen and oxygen atoms in total. The molecule has 0 unspecified atom stereocenters. The largest absolute Gasteiger partial charge is 0.452 e. The summed E-state index contributed by atoms with van der Waals surface area (Å²) in [5, 5.41) is 0.542. The van der Waals surface area contributed by atoms with E-state index < -0.39 is 5.97 Å². The van der Waals surface area contributed by atoms with E-state index in [4.69, 9.17) is 16.3 Å². The standard InChI is InChI=1S/C18H16ClNO3/c1-12-10-14-4-2-3-5-16(14)20(12)17(21)11-23-18(22)13-6-8-15(19)9-7-13/h2-9,12H,10-11H2,1H3/t12-/m1/s1. The first kappa shape index (κ1) is 15.6. The van der Waals surface area contributed by atoms with E-state index in [0.29, 0.717) is 10.6 Å². The fourth-order valence-corrected chi connectivity index (χ4v) is 2.94. The lowest BCUT2D eigenvalue weighted by Gasteiger charge is -2.22. The van der Waals surface area contributed by atoms with Gasteiger partial charge in [-0.05, 0) is 49.2 Å². The minimum Gasteiger partial charge on any atom is -0.452 e. The number of hydrogen-bond acceptors (Lipinski definition) is 3. The monoisotopic (exact) mass is 329 g/mol. The molecule has 1 atom stereocenters. The molecule has 1 amide bonds. The third-order valence-electron chi connectivity index (χ3n) is 3.88. The van der Waals surface area contributed by atoms with Gasteiger partial charge in [0.15, 0.2) is 6.61 Å². The Morgan fingerprint density at radius 1 is 1.17 bits per heavy atom. The Kier molecular flexibility index (Phi) is 4.35. The molecule has 0 fully saturated rings. The lowest BCUT2D eigenvalue weighted by atomic mass is 10.1. The van der Waals surface area contributed by atoms with Gasteiger partial charge in [0.2, 0.25) is 0 Å². The van der Waals surface area contributed by atoms with Crippen molar-refractivity contribution in [1.82, 2.24) is 0 Å². The molecule has 3 rings (SSSR count). The van der Waals surface area contributed by atoms with Crippen LogP contribution in [0.15, 0.2) is 48.5 Å². The SMILES string of the molecule is C[C@@H]1Cc2ccccc2N1C(=O)COC(=O)c1ccc(Cl)cc1. The minimum absolute atomic E-state index is 0.0640. The van der Waals surface area contributed by atoms with Crippen LogP contribution in [0.4, 0.5) is 5.69 Å². The molecular weight excluding hydrogens is 314 g/mol. The average Bonchev–Trinajstić information content (AvgIpc) is 2.88. The highest BCUT2D eigenvalue weighted by atomic mass is 35.5. The molecular formula is C18H16ClNO3. The van der Waals surface area contributed by atoms with Crippen molar-refractivity contribution < 1.29 is 14.3 Å². The molecule has 118 valence electrons. The number of anilines is 1. The maximum absolute atomic E-state index is 12.4. The van der Waals surface area contributed by atoms with E-state index in [9.17, 15) is 9.59 Å². The molecule has 1 heterocycles. The van der Waals surface area contributed by atoms with Crippen molar-refractivity contribution in [1.29, 1.82) is 0 Å². The Morgan fingerprint density at radius 3 is 2.61 bits per heavy atom. The van der Waals surface area contributed by atoms with E-state index in [1.807, 2.05) is 31.2 Å². The molecule has 0 spiro atoms. The van der Waals surface area contributed by atoms with Crippen LogP contribution in [0.5, 0.6) is 0 Å². The zero-order chi connectivity index (χ0) is 16.4. The van der Waals surface area contributed by atoms with Crippen LogP contribution in [0, 0.1) is 0 Å². The van der Waals surface area contributed by atoms with Crippen LogP contribution in [0.3, 0.4) is 0 Å². The number of carbonyl (C=O) groups is 2. The van der Waals surface area contributed by atoms with Crippen molar-refractivity contribution in [2.45, 2.75) is 19.4 Å². The Hall–Kier alpha value is -2.33. The summed E-state index contributed by atoms with van der Waals surface area (Å²) in [5.74, 6) is -0.750. The third-order valence-corrected chi connectivity index (χ3v) is 4.13. The summed E-state index contributed by atoms with van der Waals surface area (Å²) in [5.41, 5.74) is 2.40. The number of rotatable bonds is 3. The van der Waals surface area contributed by atoms with Crippen molar-refractivity contribution in [2.75, 3.05) is 11.5 Å². The number of amides is 1. The lowest BCUT2D eigenvalue weighted by Crippen LogP contribution is -2.38. The number of fused-ring (bicyclic) bond motifs is 1. The Bertz CT molecular complexity index is 742. The zero-order valence-corrected chi connectivity index (χ0v) is 13.4. The molecule has 2 aromatic rings. The molecule has 0 aromatic heterocycles. The van der Waals surface area contributed by atoms with Gasteiger partial charge in [-0.1, -0.05) is 29.8 Å². The van der Waals surface area contributed by atoms with E-state index in [-0.39, 0.29) is 18.6 Å². The maximum Gasteiger partial charge on any atom is 0.338 e. The summed E-state index contributed by atoms with van der Waals surface area (Å²) >= 11 is 5.78. The van der Waals surface area contributed by atoms with Gasteiger partial charge in [-0.2, -0.15) is 0 Å². The topological polar surface area (TPSA) is 46.6 Å². The lowest BCUT2D eigenvalue weighted by molar-refractivity contribution is -0.122. The predicted molar refractivity (Wildman–Crippen MR) is 88.8 cm³/mol. The number of hydrogen-bond donors (Lipinski definition) is 0. The molecule has 0 aliphatic carbocycles. The summed E-state index contributed by atoms with van der Waals surface area (Å²) in [6, 6.07) is 14.2. The predicted octanol–water partition coefficient (Wildman–Crippen LogP) is 3.47. The highest BCUT2D eigenvalue weighted by Crippen LogP contribution is 2.31. The number of carbonyl (C=O) groups excluding carboxylic acids is 2. The fraction of sp³-hybridized carbons (Fsp3) is 0.222. The van der Waals surface area contributed by atoms with Crippen molar-refractivity contribution in [2.24, 2.45) is 0 Å². The van der Waals surface area contributed by atoms with Crippen LogP contribution < -0.4 is 4.90 Å². The molecule has 0 radical (unpaired) electrons. The molecule has 0 saturated heterocycles. The highest BCUT2D eigenvalue weighted by molar-refractivity contribution is 6.30. The number of halogens is 1. The normalized spacial score (nSPS) is 16.1. The molecule has 1 aliphatic rings. The fourth-order valence-electron chi connectivity index (χ4n) is 2.81. The number of esters is 1. The van der Waals surface area contributed by atoms with Crippen molar-refractivity contribution >= 4 is 29.2 Å². The smallest absolute Gasteiger partial charge is 0.338 e. The van der Waals surface area contributed by atoms with Crippen LogP contribution in [-0.4, -0.2) is 24.5 Å². The number of benzene rings is 2. The van der Waals surface area contributed by atoms with Crippen LogP contribution >= 0.6 is 11.6 Å². The molecule has 0 N–H and O–H groups in total. The Morgan fingerprint density at radius 2 is 1.87 bits per heavy atom. The Balaban J connectivity index is 1.66. The molecule has 1 aliphatic heterocycles.